The van der Waals surface area contributed by atoms with Gasteiger partial charge in [0.2, 0.25) is 0 Å². The van der Waals surface area contributed by atoms with Crippen molar-refractivity contribution in [2.24, 2.45) is 0 Å². The third-order valence-electron chi connectivity index (χ3n) is 6.82. The monoisotopic (exact) mass is 437 g/mol. The summed E-state index contributed by atoms with van der Waals surface area (Å²) in [7, 11) is 2.21. The number of likely N-dealkylation sites (N-methyl/N-ethyl adjacent to an activating group) is 1. The van der Waals surface area contributed by atoms with Crippen LogP contribution in [-0.4, -0.2) is 48.0 Å². The van der Waals surface area contributed by atoms with E-state index in [9.17, 15) is 0 Å². The van der Waals surface area contributed by atoms with E-state index < -0.39 is 0 Å². The Morgan fingerprint density at radius 2 is 1.72 bits per heavy atom. The largest absolute Gasteiger partial charge is 0.304 e. The van der Waals surface area contributed by atoms with E-state index >= 15 is 0 Å². The Morgan fingerprint density at radius 3 is 2.56 bits per heavy atom. The Bertz CT molecular complexity index is 1290. The minimum atomic E-state index is 0.916. The zero-order valence-electron chi connectivity index (χ0n) is 18.4. The first-order valence-corrected chi connectivity index (χ1v) is 12.3. The molecule has 3 nitrogen and oxygen atoms in total. The van der Waals surface area contributed by atoms with Crippen LogP contribution in [0.5, 0.6) is 0 Å². The lowest BCUT2D eigenvalue weighted by Crippen LogP contribution is -2.43. The van der Waals surface area contributed by atoms with Crippen LogP contribution < -0.4 is 0 Å². The van der Waals surface area contributed by atoms with Crippen molar-refractivity contribution in [3.05, 3.63) is 94.6 Å². The number of benzene rings is 2. The Labute approximate surface area is 193 Å². The summed E-state index contributed by atoms with van der Waals surface area (Å²) in [6.07, 6.45) is 5.30. The lowest BCUT2D eigenvalue weighted by molar-refractivity contribution is 0.148. The van der Waals surface area contributed by atoms with Crippen LogP contribution in [0.2, 0.25) is 0 Å². The standard InChI is InChI=1S/C28H27N3S/c1-30-12-14-31(15-13-30)18-20-6-8-21(9-7-20)22-16-25-23(10-11-27(25)29-17-22)26-19-32-28-5-3-2-4-24(26)28/h2-10,16-17,19H,11-15,18H2,1H3. The van der Waals surface area contributed by atoms with E-state index in [2.05, 4.69) is 82.9 Å². The van der Waals surface area contributed by atoms with Gasteiger partial charge in [0.25, 0.3) is 0 Å². The molecule has 0 atom stereocenters. The highest BCUT2D eigenvalue weighted by atomic mass is 32.1. The van der Waals surface area contributed by atoms with Gasteiger partial charge < -0.3 is 4.90 Å². The summed E-state index contributed by atoms with van der Waals surface area (Å²) >= 11 is 1.82. The molecule has 6 rings (SSSR count). The van der Waals surface area contributed by atoms with Crippen LogP contribution in [0.15, 0.2) is 72.3 Å². The van der Waals surface area contributed by atoms with Gasteiger partial charge in [0.15, 0.2) is 0 Å². The molecule has 1 fully saturated rings. The molecule has 1 aliphatic carbocycles. The molecular formula is C28H27N3S. The van der Waals surface area contributed by atoms with Crippen LogP contribution in [0.25, 0.3) is 26.8 Å². The van der Waals surface area contributed by atoms with Gasteiger partial charge in [0.1, 0.15) is 0 Å². The van der Waals surface area contributed by atoms with E-state index in [4.69, 9.17) is 4.98 Å². The molecule has 4 heteroatoms. The molecule has 0 spiro atoms. The summed E-state index contributed by atoms with van der Waals surface area (Å²) in [5, 5.41) is 3.64. The fraction of sp³-hybridized carbons (Fsp3) is 0.250. The molecule has 2 aliphatic rings. The Morgan fingerprint density at radius 1 is 0.906 bits per heavy atom. The molecule has 160 valence electrons. The molecule has 32 heavy (non-hydrogen) atoms. The first-order chi connectivity index (χ1) is 15.7. The zero-order chi connectivity index (χ0) is 21.5. The van der Waals surface area contributed by atoms with Crippen molar-refractivity contribution in [1.29, 1.82) is 0 Å². The molecule has 4 aromatic rings. The molecule has 0 amide bonds. The van der Waals surface area contributed by atoms with Gasteiger partial charge in [-0.3, -0.25) is 9.88 Å². The fourth-order valence-corrected chi connectivity index (χ4v) is 5.82. The van der Waals surface area contributed by atoms with Crippen molar-refractivity contribution in [1.82, 2.24) is 14.8 Å². The highest BCUT2D eigenvalue weighted by Gasteiger charge is 2.20. The predicted molar refractivity (Wildman–Crippen MR) is 135 cm³/mol. The van der Waals surface area contributed by atoms with Gasteiger partial charge in [-0.15, -0.1) is 11.3 Å². The molecule has 2 aromatic heterocycles. The number of piperazine rings is 1. The average molecular weight is 438 g/mol. The van der Waals surface area contributed by atoms with Gasteiger partial charge in [-0.05, 0) is 41.3 Å². The summed E-state index contributed by atoms with van der Waals surface area (Å²) in [6, 6.07) is 20.1. The second-order valence-electron chi connectivity index (χ2n) is 8.96. The van der Waals surface area contributed by atoms with E-state index in [0.29, 0.717) is 0 Å². The van der Waals surface area contributed by atoms with Crippen molar-refractivity contribution in [3.8, 4) is 11.1 Å². The molecule has 0 saturated carbocycles. The number of hydrogen-bond acceptors (Lipinski definition) is 4. The highest BCUT2D eigenvalue weighted by Crippen LogP contribution is 2.39. The maximum Gasteiger partial charge on any atom is 0.0520 e. The summed E-state index contributed by atoms with van der Waals surface area (Å²) in [5.74, 6) is 0. The van der Waals surface area contributed by atoms with Crippen LogP contribution in [0, 0.1) is 0 Å². The summed E-state index contributed by atoms with van der Waals surface area (Å²) < 4.78 is 1.34. The van der Waals surface area contributed by atoms with Gasteiger partial charge in [0, 0.05) is 72.1 Å². The number of thiophene rings is 1. The van der Waals surface area contributed by atoms with Crippen LogP contribution in [0.1, 0.15) is 22.4 Å². The van der Waals surface area contributed by atoms with Gasteiger partial charge in [-0.2, -0.15) is 0 Å². The van der Waals surface area contributed by atoms with Crippen molar-refractivity contribution in [2.75, 3.05) is 33.2 Å². The number of rotatable bonds is 4. The van der Waals surface area contributed by atoms with Crippen LogP contribution in [-0.2, 0) is 13.0 Å². The molecule has 1 aliphatic heterocycles. The number of nitrogens with zero attached hydrogens (tertiary/aromatic N) is 3. The molecule has 3 heterocycles. The lowest BCUT2D eigenvalue weighted by atomic mass is 9.97. The van der Waals surface area contributed by atoms with Gasteiger partial charge in [-0.25, -0.2) is 0 Å². The smallest absolute Gasteiger partial charge is 0.0520 e. The van der Waals surface area contributed by atoms with Crippen molar-refractivity contribution in [2.45, 2.75) is 13.0 Å². The number of aromatic nitrogens is 1. The first-order valence-electron chi connectivity index (χ1n) is 11.4. The maximum absolute atomic E-state index is 4.84. The van der Waals surface area contributed by atoms with Gasteiger partial charge in [0.05, 0.1) is 5.69 Å². The number of pyridine rings is 1. The summed E-state index contributed by atoms with van der Waals surface area (Å²) in [6.45, 7) is 5.66. The Hall–Kier alpha value is -2.79. The van der Waals surface area contributed by atoms with E-state index in [1.807, 2.05) is 17.5 Å². The topological polar surface area (TPSA) is 19.4 Å². The molecular weight excluding hydrogens is 410 g/mol. The molecule has 2 aromatic carbocycles. The minimum Gasteiger partial charge on any atom is -0.304 e. The predicted octanol–water partition coefficient (Wildman–Crippen LogP) is 5.70. The maximum atomic E-state index is 4.84. The van der Waals surface area contributed by atoms with E-state index in [0.717, 1.165) is 39.1 Å². The second-order valence-corrected chi connectivity index (χ2v) is 9.87. The van der Waals surface area contributed by atoms with Crippen molar-refractivity contribution < 1.29 is 0 Å². The molecule has 0 N–H and O–H groups in total. The van der Waals surface area contributed by atoms with Crippen molar-refractivity contribution in [3.63, 3.8) is 0 Å². The van der Waals surface area contributed by atoms with E-state index in [-0.39, 0.29) is 0 Å². The SMILES string of the molecule is CN1CCN(Cc2ccc(-c3cnc4c(c3)C(c3csc5ccccc35)=CC4)cc2)CC1. The zero-order valence-corrected chi connectivity index (χ0v) is 19.2. The Kier molecular flexibility index (Phi) is 5.14. The molecule has 1 saturated heterocycles. The molecule has 0 bridgehead atoms. The van der Waals surface area contributed by atoms with Gasteiger partial charge in [-0.1, -0.05) is 48.5 Å². The normalized spacial score (nSPS) is 17.0. The quantitative estimate of drug-likeness (QED) is 0.408. The van der Waals surface area contributed by atoms with Crippen LogP contribution in [0.3, 0.4) is 0 Å². The third-order valence-corrected chi connectivity index (χ3v) is 7.78. The lowest BCUT2D eigenvalue weighted by Gasteiger charge is -2.32. The van der Waals surface area contributed by atoms with E-state index in [1.165, 1.54) is 49.2 Å². The third kappa shape index (κ3) is 3.69. The fourth-order valence-electron chi connectivity index (χ4n) is 4.86. The first kappa shape index (κ1) is 19.9. The van der Waals surface area contributed by atoms with Crippen molar-refractivity contribution >= 4 is 27.0 Å². The average Bonchev–Trinajstić information content (AvgIpc) is 3.44. The second kappa shape index (κ2) is 8.28. The summed E-state index contributed by atoms with van der Waals surface area (Å²) in [5.41, 5.74) is 8.96. The van der Waals surface area contributed by atoms with Gasteiger partial charge >= 0.3 is 0 Å². The summed E-state index contributed by atoms with van der Waals surface area (Å²) in [4.78, 5) is 9.79. The van der Waals surface area contributed by atoms with Crippen LogP contribution >= 0.6 is 11.3 Å². The minimum absolute atomic E-state index is 0.916. The Balaban J connectivity index is 1.26. The molecule has 0 radical (unpaired) electrons. The number of hydrogen-bond donors (Lipinski definition) is 0. The van der Waals surface area contributed by atoms with Crippen LogP contribution in [0.4, 0.5) is 0 Å². The number of fused-ring (bicyclic) bond motifs is 2. The van der Waals surface area contributed by atoms with E-state index in [1.54, 1.807) is 0 Å². The number of allylic oxidation sites excluding steroid dienone is 1. The highest BCUT2D eigenvalue weighted by molar-refractivity contribution is 7.17. The molecule has 0 unspecified atom stereocenters.